The molecule has 2 amide bonds. The van der Waals surface area contributed by atoms with E-state index in [9.17, 15) is 19.5 Å². The lowest BCUT2D eigenvalue weighted by atomic mass is 9.85. The summed E-state index contributed by atoms with van der Waals surface area (Å²) in [6.07, 6.45) is 0. The van der Waals surface area contributed by atoms with Gasteiger partial charge in [-0.3, -0.25) is 9.59 Å². The smallest absolute Gasteiger partial charge is 0.327 e. The fourth-order valence-corrected chi connectivity index (χ4v) is 5.45. The lowest BCUT2D eigenvalue weighted by Crippen LogP contribution is -2.78. The molecule has 7 heteroatoms. The van der Waals surface area contributed by atoms with Crippen molar-refractivity contribution in [1.29, 1.82) is 0 Å². The van der Waals surface area contributed by atoms with Gasteiger partial charge in [0.15, 0.2) is 0 Å². The highest BCUT2D eigenvalue weighted by Gasteiger charge is 2.70. The third-order valence-corrected chi connectivity index (χ3v) is 6.85. The van der Waals surface area contributed by atoms with Crippen molar-refractivity contribution in [1.82, 2.24) is 10.2 Å². The molecule has 2 aliphatic rings. The van der Waals surface area contributed by atoms with Crippen LogP contribution < -0.4 is 5.32 Å². The molecule has 25 heavy (non-hydrogen) atoms. The predicted molar refractivity (Wildman–Crippen MR) is 95.5 cm³/mol. The maximum absolute atomic E-state index is 12.8. The van der Waals surface area contributed by atoms with Crippen molar-refractivity contribution in [2.75, 3.05) is 0 Å². The van der Waals surface area contributed by atoms with Crippen LogP contribution in [0.1, 0.15) is 42.3 Å². The molecule has 1 aromatic rings. The zero-order valence-corrected chi connectivity index (χ0v) is 15.7. The summed E-state index contributed by atoms with van der Waals surface area (Å²) in [7, 11) is 0. The van der Waals surface area contributed by atoms with E-state index in [2.05, 4.69) is 5.32 Å². The van der Waals surface area contributed by atoms with Crippen LogP contribution in [0.4, 0.5) is 0 Å². The van der Waals surface area contributed by atoms with Crippen LogP contribution in [0, 0.1) is 13.8 Å². The van der Waals surface area contributed by atoms with Crippen molar-refractivity contribution in [3.05, 3.63) is 34.9 Å². The molecule has 0 radical (unpaired) electrons. The molecule has 2 aliphatic heterocycles. The first kappa shape index (κ1) is 17.8. The molecule has 0 unspecified atom stereocenters. The summed E-state index contributed by atoms with van der Waals surface area (Å²) in [5.41, 5.74) is 1.14. The molecule has 0 aromatic heterocycles. The lowest BCUT2D eigenvalue weighted by molar-refractivity contribution is -0.165. The van der Waals surface area contributed by atoms with E-state index in [-0.39, 0.29) is 17.2 Å². The van der Waals surface area contributed by atoms with Gasteiger partial charge < -0.3 is 15.3 Å². The number of nitrogens with zero attached hydrogens (tertiary/aromatic N) is 1. The summed E-state index contributed by atoms with van der Waals surface area (Å²) in [5.74, 6) is -1.66. The van der Waals surface area contributed by atoms with Gasteiger partial charge in [0.05, 0.1) is 0 Å². The standard InChI is InChI=1S/C18H22N2O4S/c1-9-7-6-8-10(2)11(9)13(21)19-18(5)15(24)20-12(14(22)23)17(3,4)25-16(18)20/h6-8,12,16H,1-5H3,(H,19,21)(H,22,23)/t12-,16+,18-/m0/s1. The Kier molecular flexibility index (Phi) is 3.91. The molecule has 134 valence electrons. The summed E-state index contributed by atoms with van der Waals surface area (Å²) >= 11 is 1.42. The second-order valence-electron chi connectivity index (χ2n) is 7.45. The van der Waals surface area contributed by atoms with Crippen LogP contribution >= 0.6 is 11.8 Å². The predicted octanol–water partition coefficient (Wildman–Crippen LogP) is 1.94. The van der Waals surface area contributed by atoms with E-state index in [1.54, 1.807) is 6.92 Å². The number of aliphatic carboxylic acids is 1. The van der Waals surface area contributed by atoms with Crippen LogP contribution in [0.15, 0.2) is 18.2 Å². The number of hydrogen-bond donors (Lipinski definition) is 2. The SMILES string of the molecule is Cc1cccc(C)c1C(=O)N[C@@]1(C)C(=O)N2[C@@H](C(=O)O)C(C)(C)S[C@@H]21. The van der Waals surface area contributed by atoms with Crippen LogP contribution in [-0.4, -0.2) is 49.5 Å². The highest BCUT2D eigenvalue weighted by atomic mass is 32.2. The number of carboxylic acid groups (broad SMARTS) is 1. The van der Waals surface area contributed by atoms with Gasteiger partial charge in [-0.2, -0.15) is 0 Å². The Labute approximate surface area is 151 Å². The van der Waals surface area contributed by atoms with Gasteiger partial charge in [-0.1, -0.05) is 18.2 Å². The minimum absolute atomic E-state index is 0.303. The first-order valence-corrected chi connectivity index (χ1v) is 9.01. The molecule has 0 spiro atoms. The molecular formula is C18H22N2O4S. The maximum Gasteiger partial charge on any atom is 0.327 e. The number of hydrogen-bond acceptors (Lipinski definition) is 4. The fourth-order valence-electron chi connectivity index (χ4n) is 3.81. The highest BCUT2D eigenvalue weighted by Crippen LogP contribution is 2.54. The topological polar surface area (TPSA) is 86.7 Å². The summed E-state index contributed by atoms with van der Waals surface area (Å²) in [6.45, 7) is 9.01. The van der Waals surface area contributed by atoms with Gasteiger partial charge in [-0.15, -0.1) is 11.8 Å². The van der Waals surface area contributed by atoms with Crippen molar-refractivity contribution in [3.8, 4) is 0 Å². The Balaban J connectivity index is 1.89. The van der Waals surface area contributed by atoms with Gasteiger partial charge in [0.2, 0.25) is 0 Å². The number of amides is 2. The highest BCUT2D eigenvalue weighted by molar-refractivity contribution is 8.01. The summed E-state index contributed by atoms with van der Waals surface area (Å²) in [5, 5.41) is 12.0. The molecule has 3 rings (SSSR count). The third kappa shape index (κ3) is 2.44. The Morgan fingerprint density at radius 1 is 1.20 bits per heavy atom. The molecule has 2 fully saturated rings. The molecule has 0 bridgehead atoms. The van der Waals surface area contributed by atoms with Gasteiger partial charge >= 0.3 is 5.97 Å². The molecule has 2 N–H and O–H groups in total. The Morgan fingerprint density at radius 2 is 1.76 bits per heavy atom. The van der Waals surface area contributed by atoms with E-state index < -0.39 is 22.3 Å². The number of rotatable bonds is 3. The van der Waals surface area contributed by atoms with Crippen molar-refractivity contribution in [2.45, 2.75) is 56.3 Å². The Hall–Kier alpha value is -2.02. The zero-order valence-electron chi connectivity index (χ0n) is 14.9. The van der Waals surface area contributed by atoms with E-state index in [0.717, 1.165) is 11.1 Å². The largest absolute Gasteiger partial charge is 0.480 e. The molecule has 0 saturated carbocycles. The number of aryl methyl sites for hydroxylation is 2. The van der Waals surface area contributed by atoms with Crippen molar-refractivity contribution < 1.29 is 19.5 Å². The molecule has 0 aliphatic carbocycles. The summed E-state index contributed by atoms with van der Waals surface area (Å²) in [4.78, 5) is 38.5. The van der Waals surface area contributed by atoms with Gasteiger partial charge in [0.1, 0.15) is 17.0 Å². The fraction of sp³-hybridized carbons (Fsp3) is 0.500. The number of benzene rings is 1. The minimum Gasteiger partial charge on any atom is -0.480 e. The number of carboxylic acids is 1. The second kappa shape index (κ2) is 5.49. The van der Waals surface area contributed by atoms with Crippen molar-refractivity contribution >= 4 is 29.5 Å². The van der Waals surface area contributed by atoms with E-state index >= 15 is 0 Å². The Morgan fingerprint density at radius 3 is 2.28 bits per heavy atom. The van der Waals surface area contributed by atoms with Gasteiger partial charge in [-0.25, -0.2) is 4.79 Å². The van der Waals surface area contributed by atoms with Gasteiger partial charge in [0.25, 0.3) is 11.8 Å². The normalized spacial score (nSPS) is 29.8. The number of carbonyl (C=O) groups excluding carboxylic acids is 2. The van der Waals surface area contributed by atoms with E-state index in [4.69, 9.17) is 0 Å². The summed E-state index contributed by atoms with van der Waals surface area (Å²) < 4.78 is -0.618. The van der Waals surface area contributed by atoms with Gasteiger partial charge in [-0.05, 0) is 45.7 Å². The number of fused-ring (bicyclic) bond motifs is 1. The monoisotopic (exact) mass is 362 g/mol. The van der Waals surface area contributed by atoms with Crippen molar-refractivity contribution in [3.63, 3.8) is 0 Å². The van der Waals surface area contributed by atoms with Crippen LogP contribution in [0.3, 0.4) is 0 Å². The third-order valence-electron chi connectivity index (χ3n) is 5.09. The van der Waals surface area contributed by atoms with E-state index in [1.807, 2.05) is 45.9 Å². The van der Waals surface area contributed by atoms with Crippen molar-refractivity contribution in [2.24, 2.45) is 0 Å². The Bertz CT molecular complexity index is 771. The molecule has 1 aromatic carbocycles. The minimum atomic E-state index is -1.10. The molecule has 2 heterocycles. The quantitative estimate of drug-likeness (QED) is 0.803. The first-order valence-electron chi connectivity index (χ1n) is 8.13. The van der Waals surface area contributed by atoms with Gasteiger partial charge in [0, 0.05) is 10.3 Å². The van der Waals surface area contributed by atoms with Crippen LogP contribution in [0.2, 0.25) is 0 Å². The van der Waals surface area contributed by atoms with Crippen LogP contribution in [0.5, 0.6) is 0 Å². The van der Waals surface area contributed by atoms with Crippen LogP contribution in [0.25, 0.3) is 0 Å². The number of carbonyl (C=O) groups is 3. The van der Waals surface area contributed by atoms with E-state index in [0.29, 0.717) is 5.56 Å². The molecular weight excluding hydrogens is 340 g/mol. The number of β-lactam (4-membered cyclic amide) rings is 1. The first-order chi connectivity index (χ1) is 11.5. The number of nitrogens with one attached hydrogen (secondary N) is 1. The average molecular weight is 362 g/mol. The zero-order chi connectivity index (χ0) is 18.7. The molecule has 2 saturated heterocycles. The second-order valence-corrected chi connectivity index (χ2v) is 9.18. The average Bonchev–Trinajstić information content (AvgIpc) is 2.76. The lowest BCUT2D eigenvalue weighted by Gasteiger charge is -2.51. The van der Waals surface area contributed by atoms with E-state index in [1.165, 1.54) is 16.7 Å². The maximum atomic E-state index is 12.8. The molecule has 6 nitrogen and oxygen atoms in total. The summed E-state index contributed by atoms with van der Waals surface area (Å²) in [6, 6.07) is 4.70. The molecule has 3 atom stereocenters. The number of thioether (sulfide) groups is 1. The van der Waals surface area contributed by atoms with Crippen LogP contribution in [-0.2, 0) is 9.59 Å².